The van der Waals surface area contributed by atoms with Gasteiger partial charge in [-0.2, -0.15) is 0 Å². The predicted molar refractivity (Wildman–Crippen MR) is 63.9 cm³/mol. The molecule has 3 atom stereocenters. The number of esters is 1. The summed E-state index contributed by atoms with van der Waals surface area (Å²) in [6.07, 6.45) is 11.0. The van der Waals surface area contributed by atoms with Crippen molar-refractivity contribution in [2.24, 2.45) is 17.8 Å². The lowest BCUT2D eigenvalue weighted by Crippen LogP contribution is -2.17. The van der Waals surface area contributed by atoms with Gasteiger partial charge in [-0.25, -0.2) is 0 Å². The first-order valence-corrected chi connectivity index (χ1v) is 6.63. The summed E-state index contributed by atoms with van der Waals surface area (Å²) >= 11 is 0. The fourth-order valence-electron chi connectivity index (χ4n) is 2.88. The van der Waals surface area contributed by atoms with Crippen molar-refractivity contribution < 1.29 is 9.53 Å². The number of hydrogen-bond donors (Lipinski definition) is 0. The Morgan fingerprint density at radius 2 is 2.19 bits per heavy atom. The lowest BCUT2D eigenvalue weighted by molar-refractivity contribution is -0.145. The molecule has 90 valence electrons. The Balaban J connectivity index is 1.61. The highest BCUT2D eigenvalue weighted by Crippen LogP contribution is 2.43. The Morgan fingerprint density at radius 1 is 1.31 bits per heavy atom. The third-order valence-electron chi connectivity index (χ3n) is 3.86. The van der Waals surface area contributed by atoms with E-state index in [1.807, 2.05) is 0 Å². The molecule has 2 aliphatic rings. The first-order valence-electron chi connectivity index (χ1n) is 6.63. The van der Waals surface area contributed by atoms with Crippen LogP contribution in [0, 0.1) is 17.8 Å². The molecule has 0 heterocycles. The Hall–Kier alpha value is -0.790. The van der Waals surface area contributed by atoms with Crippen LogP contribution in [0.1, 0.15) is 45.4 Å². The lowest BCUT2D eigenvalue weighted by atomic mass is 9.95. The zero-order valence-electron chi connectivity index (χ0n) is 10.2. The first-order chi connectivity index (χ1) is 7.79. The van der Waals surface area contributed by atoms with Crippen molar-refractivity contribution in [3.8, 4) is 0 Å². The molecular weight excluding hydrogens is 200 g/mol. The van der Waals surface area contributed by atoms with E-state index in [0.29, 0.717) is 24.9 Å². The van der Waals surface area contributed by atoms with Crippen LogP contribution in [0.4, 0.5) is 0 Å². The second-order valence-corrected chi connectivity index (χ2v) is 5.18. The first kappa shape index (κ1) is 11.7. The van der Waals surface area contributed by atoms with Crippen LogP contribution in [0.3, 0.4) is 0 Å². The quantitative estimate of drug-likeness (QED) is 0.391. The number of unbranched alkanes of at least 4 members (excludes halogenated alkanes) is 2. The number of fused-ring (bicyclic) bond motifs is 2. The molecule has 0 aliphatic heterocycles. The molecule has 2 nitrogen and oxygen atoms in total. The largest absolute Gasteiger partial charge is 0.465 e. The predicted octanol–water partition coefficient (Wildman–Crippen LogP) is 3.32. The second-order valence-electron chi connectivity index (χ2n) is 5.18. The monoisotopic (exact) mass is 222 g/mol. The second kappa shape index (κ2) is 5.51. The summed E-state index contributed by atoms with van der Waals surface area (Å²) in [4.78, 5) is 11.4. The van der Waals surface area contributed by atoms with Gasteiger partial charge in [0.25, 0.3) is 0 Å². The SMILES string of the molecule is CCCCCC(=O)OCC1CC2C=CC1C2. The van der Waals surface area contributed by atoms with Gasteiger partial charge in [-0.3, -0.25) is 4.79 Å². The summed E-state index contributed by atoms with van der Waals surface area (Å²) in [5.74, 6) is 2.06. The molecule has 2 rings (SSSR count). The summed E-state index contributed by atoms with van der Waals surface area (Å²) in [5.41, 5.74) is 0. The zero-order chi connectivity index (χ0) is 11.4. The molecule has 2 aliphatic carbocycles. The minimum atomic E-state index is 0.000188. The van der Waals surface area contributed by atoms with Gasteiger partial charge in [-0.05, 0) is 37.0 Å². The molecule has 0 saturated heterocycles. The minimum Gasteiger partial charge on any atom is -0.465 e. The highest BCUT2D eigenvalue weighted by atomic mass is 16.5. The Morgan fingerprint density at radius 3 is 2.81 bits per heavy atom. The van der Waals surface area contributed by atoms with Crippen LogP contribution in [-0.2, 0) is 9.53 Å². The van der Waals surface area contributed by atoms with E-state index in [4.69, 9.17) is 4.74 Å². The fourth-order valence-corrected chi connectivity index (χ4v) is 2.88. The van der Waals surface area contributed by atoms with E-state index in [1.165, 1.54) is 12.8 Å². The Bertz CT molecular complexity index is 270. The highest BCUT2D eigenvalue weighted by Gasteiger charge is 2.36. The third-order valence-corrected chi connectivity index (χ3v) is 3.86. The lowest BCUT2D eigenvalue weighted by Gasteiger charge is -2.17. The van der Waals surface area contributed by atoms with E-state index in [0.717, 1.165) is 25.2 Å². The summed E-state index contributed by atoms with van der Waals surface area (Å²) < 4.78 is 5.35. The molecular formula is C14H22O2. The van der Waals surface area contributed by atoms with E-state index in [-0.39, 0.29) is 5.97 Å². The van der Waals surface area contributed by atoms with Crippen LogP contribution in [0.5, 0.6) is 0 Å². The molecule has 0 N–H and O–H groups in total. The normalized spacial score (nSPS) is 30.9. The van der Waals surface area contributed by atoms with Gasteiger partial charge in [0.1, 0.15) is 0 Å². The van der Waals surface area contributed by atoms with Crippen molar-refractivity contribution in [1.82, 2.24) is 0 Å². The van der Waals surface area contributed by atoms with Crippen molar-refractivity contribution >= 4 is 5.97 Å². The van der Waals surface area contributed by atoms with Gasteiger partial charge in [0.15, 0.2) is 0 Å². The third kappa shape index (κ3) is 2.87. The molecule has 0 aromatic rings. The van der Waals surface area contributed by atoms with Gasteiger partial charge in [0.05, 0.1) is 6.61 Å². The van der Waals surface area contributed by atoms with Crippen LogP contribution in [0.15, 0.2) is 12.2 Å². The maximum atomic E-state index is 11.4. The Labute approximate surface area is 98.1 Å². The van der Waals surface area contributed by atoms with E-state index < -0.39 is 0 Å². The van der Waals surface area contributed by atoms with Crippen molar-refractivity contribution in [3.05, 3.63) is 12.2 Å². The summed E-state index contributed by atoms with van der Waals surface area (Å²) in [6.45, 7) is 2.80. The standard InChI is InChI=1S/C14H22O2/c1-2-3-4-5-14(15)16-10-13-9-11-6-7-12(13)8-11/h6-7,11-13H,2-5,8-10H2,1H3. The number of rotatable bonds is 6. The topological polar surface area (TPSA) is 26.3 Å². The molecule has 0 spiro atoms. The van der Waals surface area contributed by atoms with Gasteiger partial charge < -0.3 is 4.74 Å². The molecule has 0 radical (unpaired) electrons. The smallest absolute Gasteiger partial charge is 0.305 e. The van der Waals surface area contributed by atoms with Gasteiger partial charge in [-0.1, -0.05) is 31.9 Å². The highest BCUT2D eigenvalue weighted by molar-refractivity contribution is 5.69. The van der Waals surface area contributed by atoms with E-state index >= 15 is 0 Å². The van der Waals surface area contributed by atoms with E-state index in [2.05, 4.69) is 19.1 Å². The number of hydrogen-bond acceptors (Lipinski definition) is 2. The van der Waals surface area contributed by atoms with Gasteiger partial charge in [-0.15, -0.1) is 0 Å². The molecule has 0 amide bonds. The van der Waals surface area contributed by atoms with Crippen molar-refractivity contribution in [3.63, 3.8) is 0 Å². The number of carbonyl (C=O) groups excluding carboxylic acids is 1. The summed E-state index contributed by atoms with van der Waals surface area (Å²) in [5, 5.41) is 0. The van der Waals surface area contributed by atoms with Gasteiger partial charge in [0, 0.05) is 6.42 Å². The maximum Gasteiger partial charge on any atom is 0.305 e. The molecule has 1 fully saturated rings. The average Bonchev–Trinajstić information content (AvgIpc) is 2.88. The zero-order valence-corrected chi connectivity index (χ0v) is 10.2. The number of ether oxygens (including phenoxy) is 1. The maximum absolute atomic E-state index is 11.4. The number of allylic oxidation sites excluding steroid dienone is 2. The van der Waals surface area contributed by atoms with Crippen molar-refractivity contribution in [2.45, 2.75) is 45.4 Å². The molecule has 0 aromatic heterocycles. The van der Waals surface area contributed by atoms with Crippen LogP contribution in [0.25, 0.3) is 0 Å². The molecule has 1 saturated carbocycles. The van der Waals surface area contributed by atoms with E-state index in [9.17, 15) is 4.79 Å². The van der Waals surface area contributed by atoms with Crippen molar-refractivity contribution in [2.75, 3.05) is 6.61 Å². The fraction of sp³-hybridized carbons (Fsp3) is 0.786. The molecule has 2 heteroatoms. The molecule has 3 unspecified atom stereocenters. The summed E-state index contributed by atoms with van der Waals surface area (Å²) in [6, 6.07) is 0. The molecule has 2 bridgehead atoms. The van der Waals surface area contributed by atoms with Crippen molar-refractivity contribution in [1.29, 1.82) is 0 Å². The Kier molecular flexibility index (Phi) is 4.03. The molecule has 0 aromatic carbocycles. The van der Waals surface area contributed by atoms with Crippen LogP contribution < -0.4 is 0 Å². The van der Waals surface area contributed by atoms with Crippen LogP contribution in [0.2, 0.25) is 0 Å². The molecule has 16 heavy (non-hydrogen) atoms. The minimum absolute atomic E-state index is 0.000188. The van der Waals surface area contributed by atoms with Gasteiger partial charge >= 0.3 is 5.97 Å². The number of carbonyl (C=O) groups is 1. The van der Waals surface area contributed by atoms with Crippen LogP contribution in [-0.4, -0.2) is 12.6 Å². The summed E-state index contributed by atoms with van der Waals surface area (Å²) in [7, 11) is 0. The average molecular weight is 222 g/mol. The van der Waals surface area contributed by atoms with Gasteiger partial charge in [0.2, 0.25) is 0 Å². The van der Waals surface area contributed by atoms with Crippen LogP contribution >= 0.6 is 0 Å². The van der Waals surface area contributed by atoms with E-state index in [1.54, 1.807) is 0 Å².